The van der Waals surface area contributed by atoms with Gasteiger partial charge in [0.25, 0.3) is 0 Å². The van der Waals surface area contributed by atoms with Gasteiger partial charge in [-0.3, -0.25) is 37.3 Å². The zero-order chi connectivity index (χ0) is 73.4. The molecular weight excluding hydrogens is 1310 g/mol. The summed E-state index contributed by atoms with van der Waals surface area (Å²) in [4.78, 5) is 73.0. The number of phosphoric ester groups is 2. The van der Waals surface area contributed by atoms with E-state index in [9.17, 15) is 43.2 Å². The van der Waals surface area contributed by atoms with Gasteiger partial charge >= 0.3 is 39.5 Å². The topological polar surface area (TPSA) is 237 Å². The Labute approximate surface area is 610 Å². The van der Waals surface area contributed by atoms with Crippen LogP contribution in [0.15, 0.2) is 48.6 Å². The van der Waals surface area contributed by atoms with Crippen molar-refractivity contribution in [1.82, 2.24) is 0 Å². The number of esters is 4. The van der Waals surface area contributed by atoms with Crippen LogP contribution in [-0.4, -0.2) is 96.7 Å². The largest absolute Gasteiger partial charge is 0.472 e. The molecule has 2 unspecified atom stereocenters. The Morgan fingerprint density at radius 2 is 0.540 bits per heavy atom. The van der Waals surface area contributed by atoms with Crippen molar-refractivity contribution in [3.63, 3.8) is 0 Å². The van der Waals surface area contributed by atoms with Crippen LogP contribution < -0.4 is 0 Å². The third kappa shape index (κ3) is 73.3. The Balaban J connectivity index is 5.31. The summed E-state index contributed by atoms with van der Waals surface area (Å²) in [6, 6.07) is 0. The number of ether oxygens (including phenoxy) is 4. The average molecular weight is 1460 g/mol. The molecule has 17 nitrogen and oxygen atoms in total. The highest BCUT2D eigenvalue weighted by atomic mass is 31.2. The van der Waals surface area contributed by atoms with E-state index < -0.39 is 97.5 Å². The molecule has 0 aliphatic rings. The Bertz CT molecular complexity index is 2100. The predicted molar refractivity (Wildman–Crippen MR) is 409 cm³/mol. The first-order valence-corrected chi connectivity index (χ1v) is 43.8. The van der Waals surface area contributed by atoms with Gasteiger partial charge in [-0.25, -0.2) is 9.13 Å². The quantitative estimate of drug-likeness (QED) is 0.0169. The van der Waals surface area contributed by atoms with E-state index in [2.05, 4.69) is 83.2 Å². The number of hydrogen-bond donors (Lipinski definition) is 3. The number of carbonyl (C=O) groups excluding carboxylic acids is 4. The van der Waals surface area contributed by atoms with Gasteiger partial charge in [-0.1, -0.05) is 327 Å². The lowest BCUT2D eigenvalue weighted by Gasteiger charge is -2.21. The first kappa shape index (κ1) is 97.0. The molecule has 0 saturated carbocycles. The van der Waals surface area contributed by atoms with Crippen molar-refractivity contribution in [3.8, 4) is 0 Å². The summed E-state index contributed by atoms with van der Waals surface area (Å²) < 4.78 is 68.6. The Kier molecular flexibility index (Phi) is 70.8. The number of rotatable bonds is 77. The average Bonchev–Trinajstić information content (AvgIpc) is 0.943. The van der Waals surface area contributed by atoms with Crippen molar-refractivity contribution in [2.75, 3.05) is 39.6 Å². The predicted octanol–water partition coefficient (Wildman–Crippen LogP) is 23.5. The molecule has 0 fully saturated rings. The van der Waals surface area contributed by atoms with E-state index in [0.29, 0.717) is 25.7 Å². The van der Waals surface area contributed by atoms with Crippen molar-refractivity contribution < 1.29 is 80.2 Å². The zero-order valence-corrected chi connectivity index (χ0v) is 66.1. The molecule has 0 radical (unpaired) electrons. The summed E-state index contributed by atoms with van der Waals surface area (Å²) in [5, 5.41) is 10.6. The summed E-state index contributed by atoms with van der Waals surface area (Å²) in [7, 11) is -9.94. The minimum Gasteiger partial charge on any atom is -0.462 e. The normalized spacial score (nSPS) is 14.2. The van der Waals surface area contributed by atoms with Crippen LogP contribution in [0.4, 0.5) is 0 Å². The molecule has 0 amide bonds. The van der Waals surface area contributed by atoms with Gasteiger partial charge in [-0.2, -0.15) is 0 Å². The van der Waals surface area contributed by atoms with Gasteiger partial charge < -0.3 is 33.8 Å². The van der Waals surface area contributed by atoms with Gasteiger partial charge in [-0.15, -0.1) is 0 Å². The molecule has 0 rings (SSSR count). The molecule has 0 spiro atoms. The first-order chi connectivity index (χ1) is 48.5. The molecule has 0 aromatic heterocycles. The Morgan fingerprint density at radius 3 is 0.820 bits per heavy atom. The highest BCUT2D eigenvalue weighted by Crippen LogP contribution is 2.45. The summed E-state index contributed by atoms with van der Waals surface area (Å²) in [5.41, 5.74) is 0. The maximum Gasteiger partial charge on any atom is 0.472 e. The van der Waals surface area contributed by atoms with Gasteiger partial charge in [0.2, 0.25) is 0 Å². The Morgan fingerprint density at radius 1 is 0.310 bits per heavy atom. The molecular formula is C81H150O17P2. The van der Waals surface area contributed by atoms with Crippen molar-refractivity contribution in [1.29, 1.82) is 0 Å². The van der Waals surface area contributed by atoms with Crippen molar-refractivity contribution in [3.05, 3.63) is 48.6 Å². The highest BCUT2D eigenvalue weighted by molar-refractivity contribution is 7.47. The van der Waals surface area contributed by atoms with E-state index in [1.165, 1.54) is 173 Å². The fraction of sp³-hybridized carbons (Fsp3) is 0.852. The maximum atomic E-state index is 13.1. The smallest absolute Gasteiger partial charge is 0.462 e. The molecule has 0 heterocycles. The van der Waals surface area contributed by atoms with Crippen LogP contribution in [0.25, 0.3) is 0 Å². The molecule has 0 aromatic carbocycles. The van der Waals surface area contributed by atoms with Crippen LogP contribution in [-0.2, 0) is 65.4 Å². The highest BCUT2D eigenvalue weighted by Gasteiger charge is 2.30. The van der Waals surface area contributed by atoms with E-state index >= 15 is 0 Å². The molecule has 586 valence electrons. The van der Waals surface area contributed by atoms with Gasteiger partial charge in [0.1, 0.15) is 19.3 Å². The van der Waals surface area contributed by atoms with E-state index in [4.69, 9.17) is 37.0 Å². The van der Waals surface area contributed by atoms with E-state index in [0.717, 1.165) is 128 Å². The fourth-order valence-electron chi connectivity index (χ4n) is 11.5. The maximum absolute atomic E-state index is 13.1. The van der Waals surface area contributed by atoms with Crippen LogP contribution in [0.2, 0.25) is 0 Å². The third-order valence-electron chi connectivity index (χ3n) is 17.8. The lowest BCUT2D eigenvalue weighted by Crippen LogP contribution is -2.30. The van der Waals surface area contributed by atoms with Crippen LogP contribution in [0, 0.1) is 5.92 Å². The van der Waals surface area contributed by atoms with Crippen molar-refractivity contribution in [2.45, 2.75) is 400 Å². The van der Waals surface area contributed by atoms with Gasteiger partial charge in [0, 0.05) is 25.7 Å². The lowest BCUT2D eigenvalue weighted by molar-refractivity contribution is -0.161. The summed E-state index contributed by atoms with van der Waals surface area (Å²) >= 11 is 0. The molecule has 100 heavy (non-hydrogen) atoms. The number of phosphoric acid groups is 2. The zero-order valence-electron chi connectivity index (χ0n) is 64.3. The third-order valence-corrected chi connectivity index (χ3v) is 19.7. The van der Waals surface area contributed by atoms with Crippen LogP contribution in [0.3, 0.4) is 0 Å². The number of aliphatic hydroxyl groups excluding tert-OH is 1. The molecule has 19 heteroatoms. The van der Waals surface area contributed by atoms with Crippen LogP contribution in [0.1, 0.15) is 381 Å². The van der Waals surface area contributed by atoms with E-state index in [-0.39, 0.29) is 25.7 Å². The van der Waals surface area contributed by atoms with Crippen molar-refractivity contribution >= 4 is 39.5 Å². The fourth-order valence-corrected chi connectivity index (χ4v) is 13.1. The van der Waals surface area contributed by atoms with Crippen molar-refractivity contribution in [2.24, 2.45) is 5.92 Å². The van der Waals surface area contributed by atoms with E-state index in [1.54, 1.807) is 0 Å². The molecule has 0 aromatic rings. The second-order valence-corrected chi connectivity index (χ2v) is 31.2. The molecule has 0 aliphatic heterocycles. The number of aliphatic hydroxyl groups is 1. The molecule has 3 N–H and O–H groups in total. The number of unbranched alkanes of at least 4 members (excludes halogenated alkanes) is 43. The second-order valence-electron chi connectivity index (χ2n) is 28.3. The second kappa shape index (κ2) is 72.9. The first-order valence-electron chi connectivity index (χ1n) is 40.8. The Hall–Kier alpha value is -2.98. The number of hydrogen-bond acceptors (Lipinski definition) is 15. The molecule has 0 aliphatic carbocycles. The SMILES string of the molecule is CCCCCC/C=C\C=C/CCCCCCCC(=O)OC[C@H](COP(=O)(O)OC[C@@H](O)COP(=O)(O)OC[C@@H](COC(=O)CCCCCCCCCCCCC)OC(=O)CCCCCCC/C=C\C=C/CCCCCC)OC(=O)CCCCCCCCCCCCCCCCCCC(C)C. The molecule has 0 bridgehead atoms. The molecule has 0 saturated heterocycles. The molecule has 5 atom stereocenters. The van der Waals surface area contributed by atoms with Gasteiger partial charge in [0.05, 0.1) is 26.4 Å². The van der Waals surface area contributed by atoms with E-state index in [1.807, 2.05) is 0 Å². The monoisotopic (exact) mass is 1460 g/mol. The summed E-state index contributed by atoms with van der Waals surface area (Å²) in [5.74, 6) is -1.36. The minimum absolute atomic E-state index is 0.0832. The summed E-state index contributed by atoms with van der Waals surface area (Å²) in [6.07, 6.45) is 69.5. The van der Waals surface area contributed by atoms with Gasteiger partial charge in [0.15, 0.2) is 12.2 Å². The number of allylic oxidation sites excluding steroid dienone is 8. The lowest BCUT2D eigenvalue weighted by atomic mass is 10.0. The standard InChI is InChI=1S/C81H150O17P2/c1-6-9-12-15-18-21-24-26-30-35-40-45-50-55-60-65-79(84)92-71-77(98-81(86)67-62-57-52-47-42-37-33-29-28-32-34-39-43-48-53-58-63-74(4)5)73-96-100(89,90)94-69-75(82)68-93-99(87,88)95-72-76(70-91-78(83)64-59-54-49-44-38-23-20-17-14-11-8-3)97-80(85)66-61-56-51-46-41-36-31-27-25-22-19-16-13-10-7-2/h21-22,24-27,30-31,74-77,82H,6-20,23,28-29,32-73H2,1-5H3,(H,87,88)(H,89,90)/b24-21-,25-22-,30-26-,31-27-/t75-,76+,77+/m0/s1. The van der Waals surface area contributed by atoms with Crippen LogP contribution in [0.5, 0.6) is 0 Å². The minimum atomic E-state index is -4.97. The van der Waals surface area contributed by atoms with Gasteiger partial charge in [-0.05, 0) is 83.0 Å². The summed E-state index contributed by atoms with van der Waals surface area (Å²) in [6.45, 7) is 7.22. The number of carbonyl (C=O) groups is 4. The van der Waals surface area contributed by atoms with Crippen LogP contribution >= 0.6 is 15.6 Å².